The van der Waals surface area contributed by atoms with E-state index < -0.39 is 0 Å². The number of hydrogen-bond donors (Lipinski definition) is 2. The molecule has 1 aromatic carbocycles. The van der Waals surface area contributed by atoms with Gasteiger partial charge in [-0.05, 0) is 62.6 Å². The monoisotopic (exact) mass is 604 g/mol. The van der Waals surface area contributed by atoms with E-state index in [2.05, 4.69) is 45.5 Å². The number of carbonyl (C=O) groups excluding carboxylic acids is 1. The molecule has 2 N–H and O–H groups in total. The van der Waals surface area contributed by atoms with Gasteiger partial charge in [0.05, 0.1) is 12.4 Å². The van der Waals surface area contributed by atoms with E-state index in [0.717, 1.165) is 55.3 Å². The number of anilines is 3. The maximum atomic E-state index is 13.7. The second kappa shape index (κ2) is 13.3. The quantitative estimate of drug-likeness (QED) is 0.269. The van der Waals surface area contributed by atoms with Gasteiger partial charge in [-0.1, -0.05) is 37.3 Å². The third-order valence-electron chi connectivity index (χ3n) is 9.23. The minimum Gasteiger partial charge on any atom is -0.352 e. The van der Waals surface area contributed by atoms with Crippen molar-refractivity contribution < 1.29 is 4.79 Å². The third-order valence-corrected chi connectivity index (χ3v) is 9.23. The first-order valence-corrected chi connectivity index (χ1v) is 15.8. The van der Waals surface area contributed by atoms with E-state index in [4.69, 9.17) is 9.97 Å². The Bertz CT molecular complexity index is 1640. The highest BCUT2D eigenvalue weighted by Gasteiger charge is 2.33. The molecule has 11 nitrogen and oxygen atoms in total. The van der Waals surface area contributed by atoms with Crippen LogP contribution in [0.3, 0.4) is 0 Å². The van der Waals surface area contributed by atoms with E-state index in [1.807, 2.05) is 66.8 Å². The Hall–Kier alpha value is -4.98. The summed E-state index contributed by atoms with van der Waals surface area (Å²) in [7, 11) is 1.89. The van der Waals surface area contributed by atoms with Gasteiger partial charge in [-0.2, -0.15) is 15.3 Å². The van der Waals surface area contributed by atoms with Crippen molar-refractivity contribution in [3.05, 3.63) is 78.4 Å². The molecule has 0 spiro atoms. The molecular weight excluding hydrogens is 564 g/mol. The summed E-state index contributed by atoms with van der Waals surface area (Å²) < 4.78 is 1.76. The predicted molar refractivity (Wildman–Crippen MR) is 175 cm³/mol. The summed E-state index contributed by atoms with van der Waals surface area (Å²) in [5.74, 6) is 2.43. The minimum absolute atomic E-state index is 0.0139. The van der Waals surface area contributed by atoms with Crippen molar-refractivity contribution >= 4 is 23.6 Å². The number of urea groups is 1. The Morgan fingerprint density at radius 1 is 1.00 bits per heavy atom. The number of nitrogens with zero attached hydrogens (tertiary/aromatic N) is 8. The van der Waals surface area contributed by atoms with Crippen molar-refractivity contribution in [1.29, 1.82) is 5.26 Å². The molecule has 0 radical (unpaired) electrons. The lowest BCUT2D eigenvalue weighted by atomic mass is 9.90. The van der Waals surface area contributed by atoms with Gasteiger partial charge in [0.1, 0.15) is 17.5 Å². The number of nitriles is 1. The fourth-order valence-corrected chi connectivity index (χ4v) is 6.38. The fourth-order valence-electron chi connectivity index (χ4n) is 6.38. The molecule has 11 heteroatoms. The first-order chi connectivity index (χ1) is 21.9. The largest absolute Gasteiger partial charge is 0.352 e. The molecule has 0 bridgehead atoms. The minimum atomic E-state index is -0.161. The van der Waals surface area contributed by atoms with E-state index in [1.165, 1.54) is 0 Å². The zero-order chi connectivity index (χ0) is 31.3. The maximum absolute atomic E-state index is 13.7. The highest BCUT2D eigenvalue weighted by Crippen LogP contribution is 2.32. The molecule has 2 aliphatic rings. The summed E-state index contributed by atoms with van der Waals surface area (Å²) in [6, 6.07) is 16.4. The van der Waals surface area contributed by atoms with Crippen molar-refractivity contribution in [3.8, 4) is 17.2 Å². The van der Waals surface area contributed by atoms with Crippen molar-refractivity contribution in [3.63, 3.8) is 0 Å². The molecule has 3 aromatic heterocycles. The maximum Gasteiger partial charge on any atom is 0.323 e. The van der Waals surface area contributed by atoms with Crippen LogP contribution in [0.1, 0.15) is 57.1 Å². The van der Waals surface area contributed by atoms with Crippen LogP contribution in [0.2, 0.25) is 0 Å². The number of rotatable bonds is 8. The molecule has 232 valence electrons. The fraction of sp³-hybridized carbons (Fsp3) is 0.412. The van der Waals surface area contributed by atoms with Gasteiger partial charge in [-0.3, -0.25) is 9.58 Å². The van der Waals surface area contributed by atoms with E-state index in [1.54, 1.807) is 17.1 Å². The van der Waals surface area contributed by atoms with Gasteiger partial charge in [-0.15, -0.1) is 0 Å². The van der Waals surface area contributed by atoms with Gasteiger partial charge in [-0.25, -0.2) is 14.8 Å². The lowest BCUT2D eigenvalue weighted by Gasteiger charge is -2.36. The predicted octanol–water partition coefficient (Wildman–Crippen LogP) is 5.52. The van der Waals surface area contributed by atoms with Crippen molar-refractivity contribution in [2.24, 2.45) is 13.0 Å². The van der Waals surface area contributed by atoms with E-state index in [-0.39, 0.29) is 18.1 Å². The van der Waals surface area contributed by atoms with Crippen LogP contribution in [0.25, 0.3) is 11.1 Å². The molecule has 1 aliphatic carbocycles. The molecule has 1 saturated carbocycles. The number of benzene rings is 1. The summed E-state index contributed by atoms with van der Waals surface area (Å²) >= 11 is 0. The topological polar surface area (TPSA) is 128 Å². The second-order valence-corrected chi connectivity index (χ2v) is 12.2. The van der Waals surface area contributed by atoms with Crippen molar-refractivity contribution in [2.45, 2.75) is 70.6 Å². The lowest BCUT2D eigenvalue weighted by Crippen LogP contribution is -2.49. The highest BCUT2D eigenvalue weighted by atomic mass is 16.2. The number of nitrogens with one attached hydrogen (secondary N) is 2. The van der Waals surface area contributed by atoms with Gasteiger partial charge >= 0.3 is 6.03 Å². The molecule has 6 rings (SSSR count). The van der Waals surface area contributed by atoms with Gasteiger partial charge in [0.25, 0.3) is 0 Å². The molecule has 0 unspecified atom stereocenters. The Kier molecular flexibility index (Phi) is 8.91. The zero-order valence-electron chi connectivity index (χ0n) is 26.1. The molecule has 45 heavy (non-hydrogen) atoms. The summed E-state index contributed by atoms with van der Waals surface area (Å²) in [6.07, 6.45) is 11.6. The Labute approximate surface area is 264 Å². The summed E-state index contributed by atoms with van der Waals surface area (Å²) in [5, 5.41) is 20.6. The molecule has 4 aromatic rings. The second-order valence-electron chi connectivity index (χ2n) is 12.2. The molecule has 1 aliphatic heterocycles. The van der Waals surface area contributed by atoms with E-state index in [9.17, 15) is 10.1 Å². The summed E-state index contributed by atoms with van der Waals surface area (Å²) in [6.45, 7) is 5.76. The molecule has 2 atom stereocenters. The van der Waals surface area contributed by atoms with Crippen LogP contribution in [0.5, 0.6) is 0 Å². The van der Waals surface area contributed by atoms with Gasteiger partial charge in [0, 0.05) is 61.8 Å². The van der Waals surface area contributed by atoms with Gasteiger partial charge in [0.2, 0.25) is 5.95 Å². The highest BCUT2D eigenvalue weighted by molar-refractivity contribution is 5.91. The average Bonchev–Trinajstić information content (AvgIpc) is 3.66. The Morgan fingerprint density at radius 3 is 2.44 bits per heavy atom. The number of aromatic nitrogens is 5. The Morgan fingerprint density at radius 2 is 1.80 bits per heavy atom. The number of hydrogen-bond acceptors (Lipinski definition) is 8. The number of carbonyl (C=O) groups is 1. The third kappa shape index (κ3) is 6.75. The number of aryl methyl sites for hydroxylation is 1. The van der Waals surface area contributed by atoms with Crippen LogP contribution < -0.4 is 20.4 Å². The van der Waals surface area contributed by atoms with Crippen LogP contribution in [0, 0.1) is 17.2 Å². The SMILES string of the molecule is C[C@@H]1CCN(c2nc(NC3CCC(N(C(=O)NCc4ccccc4)c4ccc(-c5cnn(C)c5)cn4)CC3)ncc2C#N)[C@@H]1C. The smallest absolute Gasteiger partial charge is 0.323 e. The van der Waals surface area contributed by atoms with Gasteiger partial charge in [0.15, 0.2) is 5.82 Å². The van der Waals surface area contributed by atoms with E-state index in [0.29, 0.717) is 41.7 Å². The van der Waals surface area contributed by atoms with Crippen LogP contribution >= 0.6 is 0 Å². The molecule has 4 heterocycles. The first-order valence-electron chi connectivity index (χ1n) is 15.8. The van der Waals surface area contributed by atoms with E-state index >= 15 is 0 Å². The zero-order valence-corrected chi connectivity index (χ0v) is 26.1. The normalized spacial score (nSPS) is 21.2. The molecule has 1 saturated heterocycles. The number of amides is 2. The van der Waals surface area contributed by atoms with Crippen LogP contribution in [-0.4, -0.2) is 55.4 Å². The summed E-state index contributed by atoms with van der Waals surface area (Å²) in [5.41, 5.74) is 3.47. The van der Waals surface area contributed by atoms with Crippen LogP contribution in [0.15, 0.2) is 67.3 Å². The lowest BCUT2D eigenvalue weighted by molar-refractivity contribution is 0.240. The van der Waals surface area contributed by atoms with Gasteiger partial charge < -0.3 is 15.5 Å². The van der Waals surface area contributed by atoms with Crippen molar-refractivity contribution in [2.75, 3.05) is 21.7 Å². The molecule has 2 fully saturated rings. The molecule has 2 amide bonds. The van der Waals surface area contributed by atoms with Crippen LogP contribution in [-0.2, 0) is 13.6 Å². The average molecular weight is 605 g/mol. The van der Waals surface area contributed by atoms with Crippen LogP contribution in [0.4, 0.5) is 22.4 Å². The van der Waals surface area contributed by atoms with Crippen molar-refractivity contribution in [1.82, 2.24) is 30.0 Å². The first kappa shape index (κ1) is 30.1. The standard InChI is InChI=1S/C34H40N10O/c1-23-15-16-43(24(23)2)32-27(17-35)20-37-33(41-32)40-29-10-12-30(13-11-29)44(34(45)38-18-25-7-5-4-6-8-25)31-14-9-26(19-36-31)28-21-39-42(3)22-28/h4-9,14,19-24,29-30H,10-13,15-16,18H2,1-3H3,(H,38,45)(H,37,40,41)/t23-,24-,29?,30?/m1/s1. The summed E-state index contributed by atoms with van der Waals surface area (Å²) in [4.78, 5) is 31.8. The number of pyridine rings is 1. The Balaban J connectivity index is 1.15. The molecular formula is C34H40N10O.